The van der Waals surface area contributed by atoms with Crippen molar-refractivity contribution >= 4 is 53.0 Å². The van der Waals surface area contributed by atoms with E-state index in [9.17, 15) is 4.79 Å². The van der Waals surface area contributed by atoms with Gasteiger partial charge in [-0.05, 0) is 30.0 Å². The Kier molecular flexibility index (Phi) is 9.71. The number of guanidine groups is 1. The van der Waals surface area contributed by atoms with E-state index in [1.54, 1.807) is 30.6 Å². The number of aryl methyl sites for hydroxylation is 1. The minimum atomic E-state index is -0.0804. The maximum Gasteiger partial charge on any atom is 0.227 e. The third kappa shape index (κ3) is 7.84. The molecule has 0 spiro atoms. The number of nitrogens with one attached hydrogen (secondary N) is 3. The van der Waals surface area contributed by atoms with Gasteiger partial charge in [-0.25, -0.2) is 4.98 Å². The molecular formula is C19H28IN5OS. The standard InChI is InChI=1S/C19H27N5OS.HI/c1-14-7-8-16(22-12-14)24-17(25)9-10-21-18(20-4)23-13-19(2,3)15-6-5-11-26-15;/h5-8,11-12H,9-10,13H2,1-4H3,(H2,20,21,23)(H,22,24,25);1H. The van der Waals surface area contributed by atoms with Crippen LogP contribution in [0.4, 0.5) is 5.82 Å². The molecule has 0 unspecified atom stereocenters. The molecule has 1 amide bonds. The molecule has 0 saturated heterocycles. The zero-order valence-electron chi connectivity index (χ0n) is 16.2. The lowest BCUT2D eigenvalue weighted by Gasteiger charge is -2.25. The number of carbonyl (C=O) groups excluding carboxylic acids is 1. The predicted molar refractivity (Wildman–Crippen MR) is 124 cm³/mol. The third-order valence-corrected chi connectivity index (χ3v) is 5.17. The van der Waals surface area contributed by atoms with E-state index in [0.717, 1.165) is 12.1 Å². The minimum Gasteiger partial charge on any atom is -0.356 e. The van der Waals surface area contributed by atoms with Crippen LogP contribution in [0.2, 0.25) is 0 Å². The molecule has 2 aromatic heterocycles. The lowest BCUT2D eigenvalue weighted by molar-refractivity contribution is -0.116. The Morgan fingerprint density at radius 3 is 2.63 bits per heavy atom. The third-order valence-electron chi connectivity index (χ3n) is 3.93. The number of aromatic nitrogens is 1. The average Bonchev–Trinajstić information content (AvgIpc) is 3.15. The van der Waals surface area contributed by atoms with Crippen molar-refractivity contribution in [2.75, 3.05) is 25.5 Å². The zero-order chi connectivity index (χ0) is 19.0. The van der Waals surface area contributed by atoms with Crippen LogP contribution in [0.25, 0.3) is 0 Å². The minimum absolute atomic E-state index is 0. The Morgan fingerprint density at radius 1 is 1.26 bits per heavy atom. The summed E-state index contributed by atoms with van der Waals surface area (Å²) in [6, 6.07) is 7.93. The van der Waals surface area contributed by atoms with Gasteiger partial charge in [0.2, 0.25) is 5.91 Å². The maximum atomic E-state index is 12.0. The van der Waals surface area contributed by atoms with Crippen LogP contribution in [0, 0.1) is 6.92 Å². The van der Waals surface area contributed by atoms with Crippen LogP contribution >= 0.6 is 35.3 Å². The molecule has 2 aromatic rings. The number of halogens is 1. The summed E-state index contributed by atoms with van der Waals surface area (Å²) in [7, 11) is 1.73. The lowest BCUT2D eigenvalue weighted by atomic mass is 9.91. The Bertz CT molecular complexity index is 729. The van der Waals surface area contributed by atoms with Gasteiger partial charge < -0.3 is 16.0 Å². The Hall–Kier alpha value is -1.68. The summed E-state index contributed by atoms with van der Waals surface area (Å²) in [6.45, 7) is 7.60. The molecule has 148 valence electrons. The molecule has 0 aromatic carbocycles. The van der Waals surface area contributed by atoms with Crippen LogP contribution in [-0.2, 0) is 10.2 Å². The summed E-state index contributed by atoms with van der Waals surface area (Å²) >= 11 is 1.75. The molecule has 3 N–H and O–H groups in total. The van der Waals surface area contributed by atoms with Gasteiger partial charge in [-0.1, -0.05) is 26.0 Å². The number of carbonyl (C=O) groups is 1. The van der Waals surface area contributed by atoms with Gasteiger partial charge in [-0.2, -0.15) is 0 Å². The van der Waals surface area contributed by atoms with Crippen molar-refractivity contribution in [3.05, 3.63) is 46.3 Å². The molecule has 8 heteroatoms. The number of rotatable bonds is 7. The summed E-state index contributed by atoms with van der Waals surface area (Å²) in [6.07, 6.45) is 2.07. The first-order valence-corrected chi connectivity index (χ1v) is 9.50. The van der Waals surface area contributed by atoms with E-state index >= 15 is 0 Å². The number of amides is 1. The topological polar surface area (TPSA) is 78.4 Å². The van der Waals surface area contributed by atoms with Crippen molar-refractivity contribution in [2.24, 2.45) is 4.99 Å². The van der Waals surface area contributed by atoms with Gasteiger partial charge in [0.05, 0.1) is 0 Å². The second kappa shape index (κ2) is 11.2. The Balaban J connectivity index is 0.00000364. The first kappa shape index (κ1) is 23.4. The fourth-order valence-electron chi connectivity index (χ4n) is 2.32. The monoisotopic (exact) mass is 501 g/mol. The highest BCUT2D eigenvalue weighted by atomic mass is 127. The molecule has 0 radical (unpaired) electrons. The summed E-state index contributed by atoms with van der Waals surface area (Å²) in [5, 5.41) is 11.4. The van der Waals surface area contributed by atoms with E-state index in [1.165, 1.54) is 4.88 Å². The molecular weight excluding hydrogens is 473 g/mol. The molecule has 0 atom stereocenters. The van der Waals surface area contributed by atoms with E-state index in [1.807, 2.05) is 13.0 Å². The lowest BCUT2D eigenvalue weighted by Crippen LogP contribution is -2.43. The SMILES string of the molecule is CN=C(NCCC(=O)Nc1ccc(C)cn1)NCC(C)(C)c1cccs1.I. The van der Waals surface area contributed by atoms with Crippen molar-refractivity contribution < 1.29 is 4.79 Å². The number of pyridine rings is 1. The molecule has 0 bridgehead atoms. The fourth-order valence-corrected chi connectivity index (χ4v) is 3.17. The van der Waals surface area contributed by atoms with Crippen LogP contribution in [0.5, 0.6) is 0 Å². The number of anilines is 1. The van der Waals surface area contributed by atoms with Crippen molar-refractivity contribution in [3.63, 3.8) is 0 Å². The first-order valence-electron chi connectivity index (χ1n) is 8.62. The van der Waals surface area contributed by atoms with Crippen LogP contribution in [0.15, 0.2) is 40.8 Å². The number of aliphatic imine (C=N–C) groups is 1. The van der Waals surface area contributed by atoms with Crippen LogP contribution in [0.3, 0.4) is 0 Å². The van der Waals surface area contributed by atoms with Crippen molar-refractivity contribution in [1.82, 2.24) is 15.6 Å². The number of nitrogens with zero attached hydrogens (tertiary/aromatic N) is 2. The molecule has 0 aliphatic rings. The first-order chi connectivity index (χ1) is 12.4. The van der Waals surface area contributed by atoms with Gasteiger partial charge in [0.1, 0.15) is 5.82 Å². The number of hydrogen-bond acceptors (Lipinski definition) is 4. The van der Waals surface area contributed by atoms with E-state index in [2.05, 4.69) is 57.3 Å². The number of hydrogen-bond donors (Lipinski definition) is 3. The molecule has 27 heavy (non-hydrogen) atoms. The zero-order valence-corrected chi connectivity index (χ0v) is 19.4. The van der Waals surface area contributed by atoms with Gasteiger partial charge in [0.15, 0.2) is 5.96 Å². The fraction of sp³-hybridized carbons (Fsp3) is 0.421. The van der Waals surface area contributed by atoms with Gasteiger partial charge in [-0.15, -0.1) is 35.3 Å². The molecule has 0 aliphatic heterocycles. The second-order valence-corrected chi connectivity index (χ2v) is 7.68. The molecule has 6 nitrogen and oxygen atoms in total. The predicted octanol–water partition coefficient (Wildman–Crippen LogP) is 3.54. The summed E-state index contributed by atoms with van der Waals surface area (Å²) in [4.78, 5) is 21.7. The molecule has 2 rings (SSSR count). The molecule has 0 aliphatic carbocycles. The van der Waals surface area contributed by atoms with Gasteiger partial charge >= 0.3 is 0 Å². The van der Waals surface area contributed by atoms with Crippen LogP contribution in [0.1, 0.15) is 30.7 Å². The van der Waals surface area contributed by atoms with E-state index in [0.29, 0.717) is 24.7 Å². The molecule has 2 heterocycles. The largest absolute Gasteiger partial charge is 0.356 e. The smallest absolute Gasteiger partial charge is 0.227 e. The maximum absolute atomic E-state index is 12.0. The van der Waals surface area contributed by atoms with E-state index < -0.39 is 0 Å². The van der Waals surface area contributed by atoms with Crippen LogP contribution in [-0.4, -0.2) is 37.0 Å². The summed E-state index contributed by atoms with van der Waals surface area (Å²) in [5.74, 6) is 1.18. The molecule has 0 fully saturated rings. The highest BCUT2D eigenvalue weighted by Gasteiger charge is 2.21. The normalized spacial score (nSPS) is 11.5. The van der Waals surface area contributed by atoms with Crippen molar-refractivity contribution in [3.8, 4) is 0 Å². The summed E-state index contributed by atoms with van der Waals surface area (Å²) < 4.78 is 0. The molecule has 0 saturated carbocycles. The second-order valence-electron chi connectivity index (χ2n) is 6.73. The quantitative estimate of drug-likeness (QED) is 0.308. The highest BCUT2D eigenvalue weighted by Crippen LogP contribution is 2.26. The Labute approximate surface area is 182 Å². The van der Waals surface area contributed by atoms with E-state index in [4.69, 9.17) is 0 Å². The van der Waals surface area contributed by atoms with Crippen molar-refractivity contribution in [2.45, 2.75) is 32.6 Å². The van der Waals surface area contributed by atoms with Crippen molar-refractivity contribution in [1.29, 1.82) is 0 Å². The van der Waals surface area contributed by atoms with Gasteiger partial charge in [0.25, 0.3) is 0 Å². The number of thiophene rings is 1. The summed E-state index contributed by atoms with van der Waals surface area (Å²) in [5.41, 5.74) is 1.07. The Morgan fingerprint density at radius 2 is 2.04 bits per heavy atom. The average molecular weight is 501 g/mol. The van der Waals surface area contributed by atoms with Gasteiger partial charge in [-0.3, -0.25) is 9.79 Å². The highest BCUT2D eigenvalue weighted by molar-refractivity contribution is 14.0. The van der Waals surface area contributed by atoms with Gasteiger partial charge in [0, 0.05) is 43.0 Å². The van der Waals surface area contributed by atoms with E-state index in [-0.39, 0.29) is 35.3 Å². The van der Waals surface area contributed by atoms with Crippen LogP contribution < -0.4 is 16.0 Å².